The van der Waals surface area contributed by atoms with Gasteiger partial charge in [0.1, 0.15) is 6.10 Å². The first-order valence-corrected chi connectivity index (χ1v) is 5.05. The van der Waals surface area contributed by atoms with E-state index >= 15 is 0 Å². The first-order valence-electron chi connectivity index (χ1n) is 4.17. The topological polar surface area (TPSA) is 46.5 Å². The summed E-state index contributed by atoms with van der Waals surface area (Å²) in [5, 5.41) is 10.6. The maximum Gasteiger partial charge on any atom is 0.306 e. The zero-order valence-corrected chi connectivity index (χ0v) is 7.84. The average molecular weight is 198 g/mol. The van der Waals surface area contributed by atoms with Crippen molar-refractivity contribution in [1.29, 1.82) is 0 Å². The fourth-order valence-corrected chi connectivity index (χ4v) is 2.54. The van der Waals surface area contributed by atoms with Gasteiger partial charge in [-0.1, -0.05) is 0 Å². The third kappa shape index (κ3) is 1.73. The van der Waals surface area contributed by atoms with Crippen LogP contribution in [0.3, 0.4) is 0 Å². The molecular weight excluding hydrogens is 188 g/mol. The summed E-state index contributed by atoms with van der Waals surface area (Å²) < 4.78 is 5.40. The highest BCUT2D eigenvalue weighted by Crippen LogP contribution is 2.33. The Morgan fingerprint density at radius 1 is 1.77 bits per heavy atom. The van der Waals surface area contributed by atoms with Gasteiger partial charge >= 0.3 is 5.97 Å². The van der Waals surface area contributed by atoms with Crippen molar-refractivity contribution in [2.75, 3.05) is 6.61 Å². The van der Waals surface area contributed by atoms with E-state index in [1.54, 1.807) is 11.3 Å². The Labute approximate surface area is 80.0 Å². The molecule has 13 heavy (non-hydrogen) atoms. The maximum atomic E-state index is 10.5. The molecule has 0 saturated carbocycles. The molecule has 1 atom stereocenters. The number of carboxylic acids is 1. The molecule has 0 amide bonds. The van der Waals surface area contributed by atoms with E-state index in [2.05, 4.69) is 6.07 Å². The van der Waals surface area contributed by atoms with E-state index in [4.69, 9.17) is 9.84 Å². The number of ether oxygens (including phenoxy) is 1. The van der Waals surface area contributed by atoms with E-state index in [0.29, 0.717) is 6.61 Å². The summed E-state index contributed by atoms with van der Waals surface area (Å²) in [5.74, 6) is -0.800. The number of carbonyl (C=O) groups is 1. The van der Waals surface area contributed by atoms with Gasteiger partial charge in [0, 0.05) is 4.88 Å². The van der Waals surface area contributed by atoms with Gasteiger partial charge < -0.3 is 9.84 Å². The first kappa shape index (κ1) is 8.72. The largest absolute Gasteiger partial charge is 0.481 e. The standard InChI is InChI=1S/C9H10O3S/c10-8(11)5-7-9-6(1-3-12-7)2-4-13-9/h2,4,7H,1,3,5H2,(H,10,11)/t7-/m0/s1. The number of fused-ring (bicyclic) bond motifs is 1. The fourth-order valence-electron chi connectivity index (χ4n) is 1.53. The third-order valence-electron chi connectivity index (χ3n) is 2.12. The molecule has 1 aliphatic rings. The summed E-state index contributed by atoms with van der Waals surface area (Å²) in [6.45, 7) is 0.641. The maximum absolute atomic E-state index is 10.5. The smallest absolute Gasteiger partial charge is 0.306 e. The second-order valence-electron chi connectivity index (χ2n) is 3.02. The second-order valence-corrected chi connectivity index (χ2v) is 3.97. The van der Waals surface area contributed by atoms with Crippen molar-refractivity contribution < 1.29 is 14.6 Å². The summed E-state index contributed by atoms with van der Waals surface area (Å²) in [6, 6.07) is 2.05. The first-order chi connectivity index (χ1) is 6.27. The predicted octanol–water partition coefficient (Wildman–Crippen LogP) is 1.84. The molecule has 0 radical (unpaired) electrons. The molecule has 0 aliphatic carbocycles. The molecule has 1 aliphatic heterocycles. The lowest BCUT2D eigenvalue weighted by atomic mass is 10.1. The minimum atomic E-state index is -0.800. The summed E-state index contributed by atoms with van der Waals surface area (Å²) in [5.41, 5.74) is 1.25. The highest BCUT2D eigenvalue weighted by Gasteiger charge is 2.24. The SMILES string of the molecule is O=C(O)C[C@@H]1OCCc2ccsc21. The highest BCUT2D eigenvalue weighted by atomic mass is 32.1. The molecule has 3 nitrogen and oxygen atoms in total. The van der Waals surface area contributed by atoms with Crippen molar-refractivity contribution in [2.45, 2.75) is 18.9 Å². The highest BCUT2D eigenvalue weighted by molar-refractivity contribution is 7.10. The summed E-state index contributed by atoms with van der Waals surface area (Å²) >= 11 is 1.59. The van der Waals surface area contributed by atoms with Crippen LogP contribution in [-0.2, 0) is 16.0 Å². The molecular formula is C9H10O3S. The average Bonchev–Trinajstić information content (AvgIpc) is 2.51. The Hall–Kier alpha value is -0.870. The van der Waals surface area contributed by atoms with Gasteiger partial charge in [-0.15, -0.1) is 11.3 Å². The van der Waals surface area contributed by atoms with Gasteiger partial charge in [-0.05, 0) is 23.4 Å². The number of carboxylic acid groups (broad SMARTS) is 1. The van der Waals surface area contributed by atoms with Crippen molar-refractivity contribution in [3.63, 3.8) is 0 Å². The number of thiophene rings is 1. The molecule has 0 unspecified atom stereocenters. The zero-order valence-electron chi connectivity index (χ0n) is 7.03. The number of hydrogen-bond acceptors (Lipinski definition) is 3. The van der Waals surface area contributed by atoms with E-state index in [-0.39, 0.29) is 12.5 Å². The predicted molar refractivity (Wildman–Crippen MR) is 49.0 cm³/mol. The van der Waals surface area contributed by atoms with Crippen LogP contribution >= 0.6 is 11.3 Å². The van der Waals surface area contributed by atoms with Gasteiger partial charge in [-0.25, -0.2) is 0 Å². The van der Waals surface area contributed by atoms with Crippen LogP contribution in [0.2, 0.25) is 0 Å². The lowest BCUT2D eigenvalue weighted by Gasteiger charge is -2.21. The molecule has 1 aromatic heterocycles. The lowest BCUT2D eigenvalue weighted by Crippen LogP contribution is -2.16. The molecule has 1 aromatic rings. The Bertz CT molecular complexity index is 318. The normalized spacial score (nSPS) is 21.1. The molecule has 70 valence electrons. The van der Waals surface area contributed by atoms with E-state index in [1.807, 2.05) is 5.38 Å². The van der Waals surface area contributed by atoms with Gasteiger partial charge in [0.25, 0.3) is 0 Å². The van der Waals surface area contributed by atoms with Gasteiger partial charge in [-0.2, -0.15) is 0 Å². The molecule has 4 heteroatoms. The van der Waals surface area contributed by atoms with Crippen LogP contribution in [0, 0.1) is 0 Å². The third-order valence-corrected chi connectivity index (χ3v) is 3.17. The Kier molecular flexibility index (Phi) is 2.33. The molecule has 0 fully saturated rings. The van der Waals surface area contributed by atoms with Gasteiger partial charge in [0.2, 0.25) is 0 Å². The van der Waals surface area contributed by atoms with Crippen LogP contribution in [-0.4, -0.2) is 17.7 Å². The van der Waals surface area contributed by atoms with Crippen LogP contribution < -0.4 is 0 Å². The summed E-state index contributed by atoms with van der Waals surface area (Å²) in [6.07, 6.45) is 0.767. The molecule has 2 rings (SSSR count). The monoisotopic (exact) mass is 198 g/mol. The van der Waals surface area contributed by atoms with Crippen LogP contribution in [0.5, 0.6) is 0 Å². The zero-order chi connectivity index (χ0) is 9.26. The lowest BCUT2D eigenvalue weighted by molar-refractivity contribution is -0.140. The van der Waals surface area contributed by atoms with Gasteiger partial charge in [0.05, 0.1) is 13.0 Å². The second kappa shape index (κ2) is 3.47. The van der Waals surface area contributed by atoms with Crippen molar-refractivity contribution in [1.82, 2.24) is 0 Å². The molecule has 0 saturated heterocycles. The van der Waals surface area contributed by atoms with Crippen molar-refractivity contribution in [3.8, 4) is 0 Å². The summed E-state index contributed by atoms with van der Waals surface area (Å²) in [4.78, 5) is 11.6. The summed E-state index contributed by atoms with van der Waals surface area (Å²) in [7, 11) is 0. The Morgan fingerprint density at radius 2 is 2.62 bits per heavy atom. The fraction of sp³-hybridized carbons (Fsp3) is 0.444. The molecule has 0 bridgehead atoms. The quantitative estimate of drug-likeness (QED) is 0.788. The number of aliphatic carboxylic acids is 1. The minimum Gasteiger partial charge on any atom is -0.481 e. The van der Waals surface area contributed by atoms with Crippen LogP contribution in [0.1, 0.15) is 23.0 Å². The molecule has 0 spiro atoms. The minimum absolute atomic E-state index is 0.0769. The number of rotatable bonds is 2. The molecule has 0 aromatic carbocycles. The van der Waals surface area contributed by atoms with Crippen molar-refractivity contribution in [3.05, 3.63) is 21.9 Å². The Morgan fingerprint density at radius 3 is 3.38 bits per heavy atom. The van der Waals surface area contributed by atoms with E-state index in [0.717, 1.165) is 11.3 Å². The van der Waals surface area contributed by atoms with Gasteiger partial charge in [-0.3, -0.25) is 4.79 Å². The van der Waals surface area contributed by atoms with Crippen LogP contribution in [0.25, 0.3) is 0 Å². The van der Waals surface area contributed by atoms with E-state index in [1.165, 1.54) is 5.56 Å². The van der Waals surface area contributed by atoms with Crippen molar-refractivity contribution >= 4 is 17.3 Å². The van der Waals surface area contributed by atoms with E-state index in [9.17, 15) is 4.79 Å². The Balaban J connectivity index is 2.20. The van der Waals surface area contributed by atoms with Gasteiger partial charge in [0.15, 0.2) is 0 Å². The number of hydrogen-bond donors (Lipinski definition) is 1. The molecule has 2 heterocycles. The van der Waals surface area contributed by atoms with Crippen LogP contribution in [0.15, 0.2) is 11.4 Å². The van der Waals surface area contributed by atoms with Crippen LogP contribution in [0.4, 0.5) is 0 Å². The van der Waals surface area contributed by atoms with E-state index < -0.39 is 5.97 Å². The van der Waals surface area contributed by atoms with Crippen molar-refractivity contribution in [2.24, 2.45) is 0 Å². The molecule has 1 N–H and O–H groups in total.